The molecule has 0 amide bonds. The number of sulfonamides is 1. The van der Waals surface area contributed by atoms with E-state index in [4.69, 9.17) is 4.74 Å². The number of carboxylic acid groups (broad SMARTS) is 1. The van der Waals surface area contributed by atoms with Crippen molar-refractivity contribution in [1.82, 2.24) is 4.31 Å². The Morgan fingerprint density at radius 1 is 0.972 bits per heavy atom. The van der Waals surface area contributed by atoms with Gasteiger partial charge in [-0.3, -0.25) is 4.79 Å². The molecule has 0 spiro atoms. The highest BCUT2D eigenvalue weighted by Crippen LogP contribution is 2.44. The van der Waals surface area contributed by atoms with Crippen molar-refractivity contribution in [3.05, 3.63) is 106 Å². The molecule has 6 nitrogen and oxygen atoms in total. The van der Waals surface area contributed by atoms with Crippen LogP contribution < -0.4 is 4.74 Å². The van der Waals surface area contributed by atoms with E-state index in [0.29, 0.717) is 10.4 Å². The van der Waals surface area contributed by atoms with Gasteiger partial charge in [0.1, 0.15) is 11.8 Å². The van der Waals surface area contributed by atoms with Crippen LogP contribution in [-0.4, -0.2) is 30.9 Å². The minimum Gasteiger partial charge on any atom is -0.497 e. The third-order valence-electron chi connectivity index (χ3n) is 6.07. The normalized spacial score (nSPS) is 15.6. The SMILES string of the molecule is COc1ccc(/C=C/c2ccc(-c3cc4c(s3)CN(C(C(=O)O)c3ccccc3)S4(=O)=O)cc2)cc1. The molecule has 0 fully saturated rings. The first-order valence-corrected chi connectivity index (χ1v) is 13.5. The number of hydrogen-bond acceptors (Lipinski definition) is 5. The highest BCUT2D eigenvalue weighted by molar-refractivity contribution is 7.89. The van der Waals surface area contributed by atoms with Gasteiger partial charge in [-0.15, -0.1) is 11.3 Å². The summed E-state index contributed by atoms with van der Waals surface area (Å²) in [5, 5.41) is 9.82. The highest BCUT2D eigenvalue weighted by Gasteiger charge is 2.44. The minimum absolute atomic E-state index is 0.0386. The highest BCUT2D eigenvalue weighted by atomic mass is 32.2. The number of carboxylic acids is 1. The van der Waals surface area contributed by atoms with E-state index in [2.05, 4.69) is 0 Å². The van der Waals surface area contributed by atoms with Crippen molar-refractivity contribution < 1.29 is 23.1 Å². The summed E-state index contributed by atoms with van der Waals surface area (Å²) in [7, 11) is -2.30. The second kappa shape index (κ2) is 9.73. The number of aliphatic carboxylic acids is 1. The summed E-state index contributed by atoms with van der Waals surface area (Å²) in [6.07, 6.45) is 4.03. The molecule has 0 saturated heterocycles. The molecular weight excluding hydrogens is 494 g/mol. The van der Waals surface area contributed by atoms with E-state index in [1.807, 2.05) is 60.7 Å². The van der Waals surface area contributed by atoms with E-state index in [9.17, 15) is 18.3 Å². The van der Waals surface area contributed by atoms with E-state index in [-0.39, 0.29) is 11.4 Å². The molecule has 1 aromatic heterocycles. The minimum atomic E-state index is -3.94. The molecule has 1 unspecified atom stereocenters. The first kappa shape index (κ1) is 24.0. The quantitative estimate of drug-likeness (QED) is 0.308. The van der Waals surface area contributed by atoms with E-state index >= 15 is 0 Å². The Balaban J connectivity index is 1.36. The lowest BCUT2D eigenvalue weighted by Crippen LogP contribution is -2.34. The molecule has 1 aliphatic rings. The van der Waals surface area contributed by atoms with Gasteiger partial charge in [0.2, 0.25) is 10.0 Å². The fourth-order valence-electron chi connectivity index (χ4n) is 4.20. The molecule has 2 heterocycles. The second-order valence-corrected chi connectivity index (χ2v) is 11.3. The van der Waals surface area contributed by atoms with Gasteiger partial charge in [0.15, 0.2) is 0 Å². The topological polar surface area (TPSA) is 83.9 Å². The van der Waals surface area contributed by atoms with Gasteiger partial charge < -0.3 is 9.84 Å². The van der Waals surface area contributed by atoms with Crippen LogP contribution in [0.4, 0.5) is 0 Å². The van der Waals surface area contributed by atoms with Crippen LogP contribution in [0.1, 0.15) is 27.6 Å². The van der Waals surface area contributed by atoms with Crippen LogP contribution in [-0.2, 0) is 21.4 Å². The van der Waals surface area contributed by atoms with Gasteiger partial charge in [-0.05, 0) is 40.5 Å². The molecule has 1 N–H and O–H groups in total. The van der Waals surface area contributed by atoms with Crippen LogP contribution >= 0.6 is 11.3 Å². The molecule has 182 valence electrons. The Labute approximate surface area is 213 Å². The summed E-state index contributed by atoms with van der Waals surface area (Å²) >= 11 is 1.38. The Morgan fingerprint density at radius 2 is 1.58 bits per heavy atom. The molecule has 1 atom stereocenters. The van der Waals surface area contributed by atoms with Crippen molar-refractivity contribution in [3.8, 4) is 16.2 Å². The van der Waals surface area contributed by atoms with Gasteiger partial charge >= 0.3 is 5.97 Å². The zero-order chi connectivity index (χ0) is 25.3. The van der Waals surface area contributed by atoms with Gasteiger partial charge in [0.25, 0.3) is 0 Å². The number of ether oxygens (including phenoxy) is 1. The molecule has 0 aliphatic carbocycles. The van der Waals surface area contributed by atoms with Crippen LogP contribution in [0.2, 0.25) is 0 Å². The van der Waals surface area contributed by atoms with Crippen LogP contribution in [0.15, 0.2) is 89.8 Å². The van der Waals surface area contributed by atoms with Gasteiger partial charge in [-0.25, -0.2) is 8.42 Å². The number of thiophene rings is 1. The van der Waals surface area contributed by atoms with Gasteiger partial charge in [0, 0.05) is 9.75 Å². The lowest BCUT2D eigenvalue weighted by atomic mass is 10.1. The maximum absolute atomic E-state index is 13.3. The first-order valence-electron chi connectivity index (χ1n) is 11.2. The second-order valence-electron chi connectivity index (χ2n) is 8.33. The molecule has 3 aromatic carbocycles. The Bertz CT molecular complexity index is 1520. The zero-order valence-corrected chi connectivity index (χ0v) is 21.0. The molecule has 0 radical (unpaired) electrons. The number of methoxy groups -OCH3 is 1. The molecule has 5 rings (SSSR count). The summed E-state index contributed by atoms with van der Waals surface area (Å²) in [4.78, 5) is 13.7. The summed E-state index contributed by atoms with van der Waals surface area (Å²) in [6.45, 7) is 0.0386. The summed E-state index contributed by atoms with van der Waals surface area (Å²) < 4.78 is 32.9. The number of fused-ring (bicyclic) bond motifs is 1. The van der Waals surface area contributed by atoms with E-state index in [1.54, 1.807) is 43.5 Å². The van der Waals surface area contributed by atoms with Crippen molar-refractivity contribution >= 4 is 39.5 Å². The van der Waals surface area contributed by atoms with Gasteiger partial charge in [-0.1, -0.05) is 78.9 Å². The smallest absolute Gasteiger partial charge is 0.326 e. The number of carbonyl (C=O) groups is 1. The van der Waals surface area contributed by atoms with Crippen LogP contribution in [0, 0.1) is 0 Å². The van der Waals surface area contributed by atoms with Crippen LogP contribution in [0.25, 0.3) is 22.6 Å². The molecule has 1 aliphatic heterocycles. The van der Waals surface area contributed by atoms with Crippen molar-refractivity contribution in [2.45, 2.75) is 17.5 Å². The third-order valence-corrected chi connectivity index (χ3v) is 9.25. The molecular formula is C28H23NO5S2. The molecule has 0 saturated carbocycles. The number of rotatable bonds is 7. The summed E-state index contributed by atoms with van der Waals surface area (Å²) in [6, 6.07) is 24.5. The van der Waals surface area contributed by atoms with Crippen LogP contribution in [0.3, 0.4) is 0 Å². The van der Waals surface area contributed by atoms with Crippen molar-refractivity contribution in [2.75, 3.05) is 7.11 Å². The fraction of sp³-hybridized carbons (Fsp3) is 0.107. The largest absolute Gasteiger partial charge is 0.497 e. The standard InChI is InChI=1S/C28H23NO5S2/c1-34-23-15-11-20(12-16-23)8-7-19-9-13-21(14-10-19)24-17-26-25(35-24)18-29(36(26,32)33)27(28(30)31)22-5-3-2-4-6-22/h2-17,27H,18H2,1H3,(H,30,31)/b8-7+. The van der Waals surface area contributed by atoms with Gasteiger partial charge in [0.05, 0.1) is 18.6 Å². The zero-order valence-electron chi connectivity index (χ0n) is 19.4. The van der Waals surface area contributed by atoms with Crippen molar-refractivity contribution in [3.63, 3.8) is 0 Å². The molecule has 0 bridgehead atoms. The average Bonchev–Trinajstić information content (AvgIpc) is 3.42. The molecule has 4 aromatic rings. The van der Waals surface area contributed by atoms with Crippen molar-refractivity contribution in [1.29, 1.82) is 0 Å². The lowest BCUT2D eigenvalue weighted by molar-refractivity contribution is -0.141. The predicted octanol–water partition coefficient (Wildman–Crippen LogP) is 5.92. The summed E-state index contributed by atoms with van der Waals surface area (Å²) in [5.41, 5.74) is 3.42. The maximum Gasteiger partial charge on any atom is 0.326 e. The Morgan fingerprint density at radius 3 is 2.14 bits per heavy atom. The maximum atomic E-state index is 13.3. The number of hydrogen-bond donors (Lipinski definition) is 1. The lowest BCUT2D eigenvalue weighted by Gasteiger charge is -2.23. The van der Waals surface area contributed by atoms with Gasteiger partial charge in [-0.2, -0.15) is 4.31 Å². The predicted molar refractivity (Wildman–Crippen MR) is 141 cm³/mol. The third kappa shape index (κ3) is 4.58. The van der Waals surface area contributed by atoms with E-state index < -0.39 is 22.0 Å². The van der Waals surface area contributed by atoms with E-state index in [1.165, 1.54) is 11.3 Å². The monoisotopic (exact) mass is 517 g/mol. The fourth-order valence-corrected chi connectivity index (χ4v) is 7.52. The number of benzene rings is 3. The first-order chi connectivity index (χ1) is 17.4. The van der Waals surface area contributed by atoms with E-state index in [0.717, 1.165) is 31.6 Å². The summed E-state index contributed by atoms with van der Waals surface area (Å²) in [5.74, 6) is -0.388. The van der Waals surface area contributed by atoms with Crippen molar-refractivity contribution in [2.24, 2.45) is 0 Å². The Hall–Kier alpha value is -3.72. The molecule has 8 heteroatoms. The molecule has 36 heavy (non-hydrogen) atoms. The van der Waals surface area contributed by atoms with Crippen LogP contribution in [0.5, 0.6) is 5.75 Å². The number of nitrogens with zero attached hydrogens (tertiary/aromatic N) is 1. The average molecular weight is 518 g/mol. The Kier molecular flexibility index (Phi) is 6.49.